The second-order valence-corrected chi connectivity index (χ2v) is 5.42. The first-order valence-corrected chi connectivity index (χ1v) is 6.50. The van der Waals surface area contributed by atoms with Crippen molar-refractivity contribution in [3.63, 3.8) is 0 Å². The van der Waals surface area contributed by atoms with E-state index in [0.717, 1.165) is 12.8 Å². The molecule has 2 rings (SSSR count). The topological polar surface area (TPSA) is 108 Å². The van der Waals surface area contributed by atoms with Gasteiger partial charge in [0.25, 0.3) is 0 Å². The summed E-state index contributed by atoms with van der Waals surface area (Å²) in [4.78, 5) is 34.0. The van der Waals surface area contributed by atoms with Gasteiger partial charge in [0, 0.05) is 19.0 Å². The van der Waals surface area contributed by atoms with Crippen molar-refractivity contribution in [2.45, 2.75) is 44.2 Å². The number of carbonyl (C=O) groups is 3. The number of aliphatic carboxylic acids is 1. The summed E-state index contributed by atoms with van der Waals surface area (Å²) in [5.74, 6) is -1.03. The Balaban J connectivity index is 1.80. The number of hydrogen-bond acceptors (Lipinski definition) is 3. The molecule has 106 valence electrons. The third-order valence-corrected chi connectivity index (χ3v) is 3.81. The summed E-state index contributed by atoms with van der Waals surface area (Å²) in [7, 11) is 0. The van der Waals surface area contributed by atoms with Crippen molar-refractivity contribution in [2.24, 2.45) is 5.92 Å². The first kappa shape index (κ1) is 13.6. The quantitative estimate of drug-likeness (QED) is 0.555. The molecule has 1 heterocycles. The maximum atomic E-state index is 11.7. The van der Waals surface area contributed by atoms with Crippen molar-refractivity contribution in [3.8, 4) is 0 Å². The molecule has 2 aliphatic rings. The summed E-state index contributed by atoms with van der Waals surface area (Å²) in [5.41, 5.74) is -1.21. The molecule has 7 heteroatoms. The van der Waals surface area contributed by atoms with Crippen molar-refractivity contribution in [1.29, 1.82) is 0 Å². The molecule has 1 aliphatic heterocycles. The normalized spacial score (nSPS) is 25.3. The highest BCUT2D eigenvalue weighted by molar-refractivity contribution is 5.86. The van der Waals surface area contributed by atoms with E-state index in [4.69, 9.17) is 0 Å². The fourth-order valence-corrected chi connectivity index (χ4v) is 2.32. The molecule has 1 saturated carbocycles. The lowest BCUT2D eigenvalue weighted by Crippen LogP contribution is -2.57. The van der Waals surface area contributed by atoms with Gasteiger partial charge in [-0.1, -0.05) is 0 Å². The predicted octanol–water partition coefficient (Wildman–Crippen LogP) is -0.182. The minimum absolute atomic E-state index is 0.00179. The number of carboxylic acids is 1. The molecule has 1 saturated heterocycles. The second kappa shape index (κ2) is 5.07. The van der Waals surface area contributed by atoms with Crippen LogP contribution < -0.4 is 16.0 Å². The Kier molecular flexibility index (Phi) is 3.64. The van der Waals surface area contributed by atoms with E-state index in [1.807, 2.05) is 0 Å². The summed E-state index contributed by atoms with van der Waals surface area (Å²) in [6.07, 6.45) is 2.81. The van der Waals surface area contributed by atoms with E-state index < -0.39 is 17.5 Å². The lowest BCUT2D eigenvalue weighted by molar-refractivity contribution is -0.144. The van der Waals surface area contributed by atoms with Crippen molar-refractivity contribution < 1.29 is 19.5 Å². The third kappa shape index (κ3) is 3.15. The van der Waals surface area contributed by atoms with E-state index in [0.29, 0.717) is 19.4 Å². The molecule has 2 fully saturated rings. The van der Waals surface area contributed by atoms with Gasteiger partial charge in [0.15, 0.2) is 0 Å². The molecule has 2 unspecified atom stereocenters. The Morgan fingerprint density at radius 2 is 2.11 bits per heavy atom. The Morgan fingerprint density at radius 1 is 1.42 bits per heavy atom. The average Bonchev–Trinajstić information content (AvgIpc) is 3.11. The fourth-order valence-electron chi connectivity index (χ4n) is 2.32. The Hall–Kier alpha value is -1.79. The highest BCUT2D eigenvalue weighted by Gasteiger charge is 2.48. The molecule has 0 aromatic carbocycles. The van der Waals surface area contributed by atoms with Gasteiger partial charge in [-0.25, -0.2) is 9.59 Å². The molecule has 0 spiro atoms. The molecular formula is C12H19N3O4. The van der Waals surface area contributed by atoms with Crippen LogP contribution in [-0.2, 0) is 9.59 Å². The van der Waals surface area contributed by atoms with E-state index in [1.54, 1.807) is 0 Å². The predicted molar refractivity (Wildman–Crippen MR) is 66.5 cm³/mol. The third-order valence-electron chi connectivity index (χ3n) is 3.81. The van der Waals surface area contributed by atoms with Gasteiger partial charge in [-0.15, -0.1) is 0 Å². The number of amides is 3. The van der Waals surface area contributed by atoms with Crippen LogP contribution in [0.3, 0.4) is 0 Å². The maximum Gasteiger partial charge on any atom is 0.329 e. The number of rotatable bonds is 5. The van der Waals surface area contributed by atoms with Gasteiger partial charge in [0.1, 0.15) is 5.54 Å². The number of hydrogen-bond donors (Lipinski definition) is 4. The van der Waals surface area contributed by atoms with Gasteiger partial charge < -0.3 is 21.1 Å². The number of carboxylic acid groups (broad SMARTS) is 1. The first-order valence-electron chi connectivity index (χ1n) is 6.50. The highest BCUT2D eigenvalue weighted by atomic mass is 16.4. The van der Waals surface area contributed by atoms with Crippen LogP contribution in [0.1, 0.15) is 32.6 Å². The van der Waals surface area contributed by atoms with Gasteiger partial charge in [0.2, 0.25) is 5.91 Å². The average molecular weight is 269 g/mol. The van der Waals surface area contributed by atoms with Crippen LogP contribution >= 0.6 is 0 Å². The second-order valence-electron chi connectivity index (χ2n) is 5.42. The largest absolute Gasteiger partial charge is 0.480 e. The number of carbonyl (C=O) groups excluding carboxylic acids is 2. The summed E-state index contributed by atoms with van der Waals surface area (Å²) in [6.45, 7) is 1.85. The monoisotopic (exact) mass is 269 g/mol. The molecule has 19 heavy (non-hydrogen) atoms. The molecule has 1 aliphatic carbocycles. The lowest BCUT2D eigenvalue weighted by Gasteiger charge is -2.26. The molecule has 4 N–H and O–H groups in total. The lowest BCUT2D eigenvalue weighted by atomic mass is 9.96. The summed E-state index contributed by atoms with van der Waals surface area (Å²) in [6, 6.07) is -0.562. The van der Waals surface area contributed by atoms with Crippen molar-refractivity contribution in [1.82, 2.24) is 16.0 Å². The standard InChI is InChI=1S/C12H19N3O4/c1-12(10(17)18,7-2-3-7)15-11(19)13-6-8-4-5-9(16)14-8/h7-8H,2-6H2,1H3,(H,14,16)(H,17,18)(H2,13,15,19). The fraction of sp³-hybridized carbons (Fsp3) is 0.750. The summed E-state index contributed by atoms with van der Waals surface area (Å²) >= 11 is 0. The molecular weight excluding hydrogens is 250 g/mol. The number of nitrogens with one attached hydrogen (secondary N) is 3. The van der Waals surface area contributed by atoms with Gasteiger partial charge in [-0.3, -0.25) is 4.79 Å². The van der Waals surface area contributed by atoms with Crippen LogP contribution in [0.15, 0.2) is 0 Å². The zero-order valence-corrected chi connectivity index (χ0v) is 10.9. The molecule has 7 nitrogen and oxygen atoms in total. The van der Waals surface area contributed by atoms with Gasteiger partial charge in [-0.05, 0) is 32.1 Å². The van der Waals surface area contributed by atoms with Gasteiger partial charge >= 0.3 is 12.0 Å². The summed E-state index contributed by atoms with van der Waals surface area (Å²) < 4.78 is 0. The van der Waals surface area contributed by atoms with E-state index in [2.05, 4.69) is 16.0 Å². The maximum absolute atomic E-state index is 11.7. The molecule has 2 atom stereocenters. The zero-order chi connectivity index (χ0) is 14.0. The minimum Gasteiger partial charge on any atom is -0.480 e. The van der Waals surface area contributed by atoms with Gasteiger partial charge in [0.05, 0.1) is 0 Å². The minimum atomic E-state index is -1.21. The number of urea groups is 1. The molecule has 0 radical (unpaired) electrons. The van der Waals surface area contributed by atoms with E-state index >= 15 is 0 Å². The van der Waals surface area contributed by atoms with Crippen LogP contribution in [0.5, 0.6) is 0 Å². The molecule has 0 aromatic rings. The van der Waals surface area contributed by atoms with Crippen LogP contribution in [0, 0.1) is 5.92 Å². The summed E-state index contributed by atoms with van der Waals surface area (Å²) in [5, 5.41) is 17.1. The van der Waals surface area contributed by atoms with Gasteiger partial charge in [-0.2, -0.15) is 0 Å². The van der Waals surface area contributed by atoms with E-state index in [-0.39, 0.29) is 17.9 Å². The van der Waals surface area contributed by atoms with Crippen molar-refractivity contribution in [3.05, 3.63) is 0 Å². The first-order chi connectivity index (χ1) is 8.91. The Bertz CT molecular complexity index is 408. The smallest absolute Gasteiger partial charge is 0.329 e. The molecule has 3 amide bonds. The SMILES string of the molecule is CC(NC(=O)NCC1CCC(=O)N1)(C(=O)O)C1CC1. The van der Waals surface area contributed by atoms with Crippen LogP contribution in [0.25, 0.3) is 0 Å². The van der Waals surface area contributed by atoms with Crippen LogP contribution in [-0.4, -0.2) is 41.1 Å². The van der Waals surface area contributed by atoms with E-state index in [9.17, 15) is 19.5 Å². The van der Waals surface area contributed by atoms with E-state index in [1.165, 1.54) is 6.92 Å². The van der Waals surface area contributed by atoms with Crippen LogP contribution in [0.4, 0.5) is 4.79 Å². The Labute approximate surface area is 111 Å². The Morgan fingerprint density at radius 3 is 2.58 bits per heavy atom. The van der Waals surface area contributed by atoms with Crippen molar-refractivity contribution in [2.75, 3.05) is 6.54 Å². The van der Waals surface area contributed by atoms with Crippen LogP contribution in [0.2, 0.25) is 0 Å². The van der Waals surface area contributed by atoms with Crippen molar-refractivity contribution >= 4 is 17.9 Å². The molecule has 0 aromatic heterocycles. The zero-order valence-electron chi connectivity index (χ0n) is 10.9. The highest BCUT2D eigenvalue weighted by Crippen LogP contribution is 2.39. The molecule has 0 bridgehead atoms.